The Morgan fingerprint density at radius 2 is 1.84 bits per heavy atom. The zero-order valence-corrected chi connectivity index (χ0v) is 20.8. The van der Waals surface area contributed by atoms with E-state index in [1.54, 1.807) is 30.0 Å². The molecule has 11 heteroatoms. The van der Waals surface area contributed by atoms with Crippen LogP contribution in [0.1, 0.15) is 6.92 Å². The third-order valence-electron chi connectivity index (χ3n) is 5.60. The fraction of sp³-hybridized carbons (Fsp3) is 0.192. The van der Waals surface area contributed by atoms with Gasteiger partial charge in [-0.25, -0.2) is 18.6 Å². The molecule has 8 nitrogen and oxygen atoms in total. The van der Waals surface area contributed by atoms with Crippen LogP contribution in [0.25, 0.3) is 22.0 Å². The summed E-state index contributed by atoms with van der Waals surface area (Å²) in [7, 11) is 1.60. The van der Waals surface area contributed by atoms with Crippen LogP contribution in [0.5, 0.6) is 0 Å². The van der Waals surface area contributed by atoms with Crippen LogP contribution in [-0.4, -0.2) is 35.8 Å². The highest BCUT2D eigenvalue weighted by atomic mass is 35.5. The number of rotatable bonds is 8. The summed E-state index contributed by atoms with van der Waals surface area (Å²) < 4.78 is 34.4. The molecular weight excluding hydrogens is 504 g/mol. The van der Waals surface area contributed by atoms with E-state index in [2.05, 4.69) is 20.9 Å². The van der Waals surface area contributed by atoms with Crippen molar-refractivity contribution in [3.05, 3.63) is 81.7 Å². The first-order valence-electron chi connectivity index (χ1n) is 11.4. The lowest BCUT2D eigenvalue weighted by atomic mass is 10.0. The summed E-state index contributed by atoms with van der Waals surface area (Å²) in [5.74, 6) is -0.647. The molecule has 0 unspecified atom stereocenters. The number of fused-ring (bicyclic) bond motifs is 1. The predicted octanol–water partition coefficient (Wildman–Crippen LogP) is 5.72. The number of urea groups is 1. The maximum absolute atomic E-state index is 14.7. The molecule has 4 aromatic rings. The number of amides is 2. The van der Waals surface area contributed by atoms with Gasteiger partial charge < -0.3 is 25.3 Å². The van der Waals surface area contributed by atoms with Crippen LogP contribution >= 0.6 is 11.6 Å². The topological polar surface area (TPSA) is 97.3 Å². The molecule has 0 saturated carbocycles. The van der Waals surface area contributed by atoms with Gasteiger partial charge in [0, 0.05) is 54.7 Å². The number of carbonyl (C=O) groups is 1. The van der Waals surface area contributed by atoms with E-state index < -0.39 is 17.7 Å². The highest BCUT2D eigenvalue weighted by Gasteiger charge is 2.18. The molecule has 37 heavy (non-hydrogen) atoms. The summed E-state index contributed by atoms with van der Waals surface area (Å²) in [6, 6.07) is 10.1. The number of nitrogens with one attached hydrogen (secondary N) is 3. The lowest BCUT2D eigenvalue weighted by Gasteiger charge is -2.15. The Balaban J connectivity index is 1.69. The first-order chi connectivity index (χ1) is 17.8. The van der Waals surface area contributed by atoms with Gasteiger partial charge in [-0.1, -0.05) is 11.6 Å². The summed E-state index contributed by atoms with van der Waals surface area (Å²) in [6.45, 7) is 3.26. The van der Waals surface area contributed by atoms with Gasteiger partial charge >= 0.3 is 6.03 Å². The van der Waals surface area contributed by atoms with Gasteiger partial charge in [-0.2, -0.15) is 0 Å². The first-order valence-corrected chi connectivity index (χ1v) is 11.8. The van der Waals surface area contributed by atoms with Crippen molar-refractivity contribution in [3.63, 3.8) is 0 Å². The van der Waals surface area contributed by atoms with E-state index in [9.17, 15) is 18.4 Å². The second-order valence-corrected chi connectivity index (χ2v) is 8.46. The Morgan fingerprint density at radius 1 is 1.08 bits per heavy atom. The lowest BCUT2D eigenvalue weighted by Crippen LogP contribution is -2.22. The third-order valence-corrected chi connectivity index (χ3v) is 5.92. The molecule has 0 spiro atoms. The van der Waals surface area contributed by atoms with E-state index in [4.69, 9.17) is 16.3 Å². The molecule has 2 aromatic carbocycles. The number of aryl methyl sites for hydroxylation is 1. The molecule has 0 aliphatic carbocycles. The summed E-state index contributed by atoms with van der Waals surface area (Å²) in [6.07, 6.45) is 1.63. The van der Waals surface area contributed by atoms with Crippen molar-refractivity contribution in [2.75, 3.05) is 36.2 Å². The van der Waals surface area contributed by atoms with Gasteiger partial charge in [0.15, 0.2) is 0 Å². The highest BCUT2D eigenvalue weighted by Crippen LogP contribution is 2.32. The number of ether oxygens (including phenoxy) is 1. The van der Waals surface area contributed by atoms with Crippen molar-refractivity contribution in [1.82, 2.24) is 9.55 Å². The Hall–Kier alpha value is -4.02. The Morgan fingerprint density at radius 3 is 2.54 bits per heavy atom. The van der Waals surface area contributed by atoms with Crippen molar-refractivity contribution in [3.8, 4) is 11.1 Å². The van der Waals surface area contributed by atoms with Crippen molar-refractivity contribution >= 4 is 45.7 Å². The average molecular weight is 528 g/mol. The molecule has 0 radical (unpaired) electrons. The van der Waals surface area contributed by atoms with E-state index >= 15 is 0 Å². The Kier molecular flexibility index (Phi) is 8.00. The molecule has 0 bridgehead atoms. The molecule has 2 heterocycles. The van der Waals surface area contributed by atoms with E-state index in [1.807, 2.05) is 6.92 Å². The van der Waals surface area contributed by atoms with Crippen molar-refractivity contribution in [2.24, 2.45) is 0 Å². The van der Waals surface area contributed by atoms with Gasteiger partial charge in [0.1, 0.15) is 17.5 Å². The SMILES string of the molecule is CCn1c(=O)c(-c2cc(NC(=O)Nc3ccc(F)cc3)c(F)cc2Cl)cc2cnc(NCCOC)cc21. The molecule has 0 aliphatic rings. The fourth-order valence-corrected chi connectivity index (χ4v) is 4.08. The molecule has 3 N–H and O–H groups in total. The third kappa shape index (κ3) is 5.87. The van der Waals surface area contributed by atoms with Gasteiger partial charge in [-0.05, 0) is 49.4 Å². The second-order valence-electron chi connectivity index (χ2n) is 8.05. The van der Waals surface area contributed by atoms with Crippen LogP contribution in [0.4, 0.5) is 30.8 Å². The monoisotopic (exact) mass is 527 g/mol. The van der Waals surface area contributed by atoms with Crippen LogP contribution in [0.2, 0.25) is 5.02 Å². The fourth-order valence-electron chi connectivity index (χ4n) is 3.83. The summed E-state index contributed by atoms with van der Waals surface area (Å²) in [5, 5.41) is 8.72. The van der Waals surface area contributed by atoms with Crippen LogP contribution in [0.15, 0.2) is 59.5 Å². The maximum atomic E-state index is 14.7. The van der Waals surface area contributed by atoms with Crippen LogP contribution < -0.4 is 21.5 Å². The van der Waals surface area contributed by atoms with Crippen molar-refractivity contribution in [2.45, 2.75) is 13.5 Å². The van der Waals surface area contributed by atoms with Crippen molar-refractivity contribution < 1.29 is 18.3 Å². The smallest absolute Gasteiger partial charge is 0.323 e. The minimum absolute atomic E-state index is 0.00640. The van der Waals surface area contributed by atoms with Crippen molar-refractivity contribution in [1.29, 1.82) is 0 Å². The quantitative estimate of drug-likeness (QED) is 0.255. The second kappa shape index (κ2) is 11.4. The molecule has 0 aliphatic heterocycles. The molecule has 2 amide bonds. The zero-order valence-electron chi connectivity index (χ0n) is 20.1. The molecule has 192 valence electrons. The number of carbonyl (C=O) groups excluding carboxylic acids is 1. The molecule has 4 rings (SSSR count). The highest BCUT2D eigenvalue weighted by molar-refractivity contribution is 6.33. The maximum Gasteiger partial charge on any atom is 0.323 e. The van der Waals surface area contributed by atoms with E-state index in [-0.39, 0.29) is 27.4 Å². The largest absolute Gasteiger partial charge is 0.383 e. The average Bonchev–Trinajstić information content (AvgIpc) is 2.87. The van der Waals surface area contributed by atoms with Gasteiger partial charge in [0.05, 0.1) is 22.8 Å². The standard InChI is InChI=1S/C26H24ClF2N5O3/c1-3-34-23-13-24(30-8-9-37-2)31-14-15(23)10-19(25(34)35)18-11-22(21(29)12-20(18)27)33-26(36)32-17-6-4-16(28)5-7-17/h4-7,10-14H,3,8-9H2,1-2H3,(H,30,31)(H2,32,33,36). The molecule has 0 saturated heterocycles. The van der Waals surface area contributed by atoms with Gasteiger partial charge in [-0.3, -0.25) is 4.79 Å². The van der Waals surface area contributed by atoms with E-state index in [0.29, 0.717) is 42.1 Å². The number of halogens is 3. The van der Waals surface area contributed by atoms with Gasteiger partial charge in [0.25, 0.3) is 5.56 Å². The zero-order chi connectivity index (χ0) is 26.5. The van der Waals surface area contributed by atoms with Crippen LogP contribution in [0.3, 0.4) is 0 Å². The predicted molar refractivity (Wildman–Crippen MR) is 141 cm³/mol. The number of hydrogen-bond donors (Lipinski definition) is 3. The molecule has 0 atom stereocenters. The van der Waals surface area contributed by atoms with E-state index in [0.717, 1.165) is 6.07 Å². The summed E-state index contributed by atoms with van der Waals surface area (Å²) >= 11 is 6.34. The molecular formula is C26H24ClF2N5O3. The number of nitrogens with zero attached hydrogens (tertiary/aromatic N) is 2. The number of anilines is 3. The van der Waals surface area contributed by atoms with Crippen LogP contribution in [-0.2, 0) is 11.3 Å². The lowest BCUT2D eigenvalue weighted by molar-refractivity contribution is 0.210. The molecule has 0 fully saturated rings. The number of aromatic nitrogens is 2. The number of methoxy groups -OCH3 is 1. The normalized spacial score (nSPS) is 10.9. The first kappa shape index (κ1) is 26.1. The minimum atomic E-state index is -0.784. The minimum Gasteiger partial charge on any atom is -0.383 e. The van der Waals surface area contributed by atoms with E-state index in [1.165, 1.54) is 30.3 Å². The number of hydrogen-bond acceptors (Lipinski definition) is 5. The van der Waals surface area contributed by atoms with Crippen LogP contribution in [0, 0.1) is 11.6 Å². The number of pyridine rings is 2. The molecule has 2 aromatic heterocycles. The Labute approximate surface area is 216 Å². The summed E-state index contributed by atoms with van der Waals surface area (Å²) in [5.41, 5.74) is 0.940. The Bertz CT molecular complexity index is 1510. The summed E-state index contributed by atoms with van der Waals surface area (Å²) in [4.78, 5) is 30.3. The van der Waals surface area contributed by atoms with Gasteiger partial charge in [-0.15, -0.1) is 0 Å². The number of benzene rings is 2. The van der Waals surface area contributed by atoms with Gasteiger partial charge in [0.2, 0.25) is 0 Å².